The molecule has 0 saturated heterocycles. The molecule has 0 spiro atoms. The number of aliphatic carboxylic acids is 1. The van der Waals surface area contributed by atoms with Crippen LogP contribution < -0.4 is 0 Å². The molecule has 2 N–H and O–H groups in total. The molecule has 0 saturated carbocycles. The van der Waals surface area contributed by atoms with E-state index in [4.69, 9.17) is 10.2 Å². The lowest BCUT2D eigenvalue weighted by Gasteiger charge is -2.17. The molecule has 0 aliphatic heterocycles. The Hall–Kier alpha value is -2.37. The smallest absolute Gasteiger partial charge is 0.423 e. The second kappa shape index (κ2) is 5.44. The molecule has 0 aromatic heterocycles. The molecule has 12 heteroatoms. The molecule has 1 atom stereocenters. The number of aliphatic hydroxyl groups excluding tert-OH is 1. The minimum Gasteiger partial charge on any atom is -0.479 e. The van der Waals surface area contributed by atoms with Crippen molar-refractivity contribution in [2.45, 2.75) is 18.5 Å². The number of nitro groups is 1. The van der Waals surface area contributed by atoms with Gasteiger partial charge in [-0.2, -0.15) is 26.3 Å². The highest BCUT2D eigenvalue weighted by Crippen LogP contribution is 2.43. The average Bonchev–Trinajstić information content (AvgIpc) is 2.33. The number of nitro benzene ring substituents is 1. The number of carboxylic acids is 1. The van der Waals surface area contributed by atoms with E-state index in [1.807, 2.05) is 0 Å². The molecule has 0 bridgehead atoms. The first-order valence-corrected chi connectivity index (χ1v) is 5.14. The van der Waals surface area contributed by atoms with Crippen LogP contribution in [0.1, 0.15) is 22.8 Å². The second-order valence-electron chi connectivity index (χ2n) is 3.95. The van der Waals surface area contributed by atoms with Gasteiger partial charge in [0.05, 0.1) is 10.5 Å². The number of halogens is 6. The van der Waals surface area contributed by atoms with Gasteiger partial charge in [0.25, 0.3) is 5.69 Å². The van der Waals surface area contributed by atoms with Crippen molar-refractivity contribution in [3.8, 4) is 0 Å². The van der Waals surface area contributed by atoms with Gasteiger partial charge in [-0.15, -0.1) is 0 Å². The van der Waals surface area contributed by atoms with Gasteiger partial charge in [-0.1, -0.05) is 0 Å². The molecule has 0 aliphatic rings. The quantitative estimate of drug-likeness (QED) is 0.503. The van der Waals surface area contributed by atoms with E-state index in [-0.39, 0.29) is 6.07 Å². The van der Waals surface area contributed by atoms with Crippen LogP contribution in [0.2, 0.25) is 0 Å². The summed E-state index contributed by atoms with van der Waals surface area (Å²) < 4.78 is 76.0. The van der Waals surface area contributed by atoms with Gasteiger partial charge in [-0.3, -0.25) is 10.1 Å². The number of hydrogen-bond acceptors (Lipinski definition) is 4. The van der Waals surface area contributed by atoms with Gasteiger partial charge in [0.2, 0.25) is 0 Å². The normalized spacial score (nSPS) is 13.8. The Morgan fingerprint density at radius 1 is 1.09 bits per heavy atom. The molecule has 0 amide bonds. The van der Waals surface area contributed by atoms with Crippen molar-refractivity contribution in [3.63, 3.8) is 0 Å². The maximum absolute atomic E-state index is 12.7. The van der Waals surface area contributed by atoms with E-state index >= 15 is 0 Å². The van der Waals surface area contributed by atoms with Crippen molar-refractivity contribution in [1.29, 1.82) is 0 Å². The largest absolute Gasteiger partial charge is 0.479 e. The third-order valence-electron chi connectivity index (χ3n) is 2.50. The van der Waals surface area contributed by atoms with Gasteiger partial charge >= 0.3 is 18.3 Å². The Morgan fingerprint density at radius 3 is 1.86 bits per heavy atom. The Balaban J connectivity index is 3.81. The summed E-state index contributed by atoms with van der Waals surface area (Å²) in [6.07, 6.45) is -13.8. The standard InChI is InChI=1S/C10H5F6NO5/c11-9(12,13)4-2-5(10(14,15)16)6(17(21)22)1-3(4)7(18)8(19)20/h1-2,7,18H,(H,19,20). The minimum atomic E-state index is -5.48. The number of rotatable bonds is 3. The highest BCUT2D eigenvalue weighted by Gasteiger charge is 2.45. The molecule has 122 valence electrons. The summed E-state index contributed by atoms with van der Waals surface area (Å²) in [5.41, 5.74) is -7.68. The second-order valence-corrected chi connectivity index (χ2v) is 3.95. The summed E-state index contributed by atoms with van der Waals surface area (Å²) in [6, 6.07) is -0.843. The monoisotopic (exact) mass is 333 g/mol. The summed E-state index contributed by atoms with van der Waals surface area (Å²) >= 11 is 0. The Bertz CT molecular complexity index is 623. The molecular formula is C10H5F6NO5. The number of hydrogen-bond donors (Lipinski definition) is 2. The van der Waals surface area contributed by atoms with E-state index < -0.39 is 57.8 Å². The first-order chi connectivity index (χ1) is 9.76. The first kappa shape index (κ1) is 17.7. The Morgan fingerprint density at radius 2 is 1.55 bits per heavy atom. The molecule has 22 heavy (non-hydrogen) atoms. The van der Waals surface area contributed by atoms with Crippen molar-refractivity contribution in [2.75, 3.05) is 0 Å². The van der Waals surface area contributed by atoms with E-state index in [0.29, 0.717) is 0 Å². The van der Waals surface area contributed by atoms with E-state index in [0.717, 1.165) is 0 Å². The van der Waals surface area contributed by atoms with Crippen molar-refractivity contribution in [2.24, 2.45) is 0 Å². The number of aliphatic hydroxyl groups is 1. The fraction of sp³-hybridized carbons (Fsp3) is 0.300. The first-order valence-electron chi connectivity index (χ1n) is 5.14. The molecule has 0 aliphatic carbocycles. The van der Waals surface area contributed by atoms with Gasteiger partial charge in [-0.05, 0) is 6.07 Å². The third kappa shape index (κ3) is 3.44. The molecule has 0 heterocycles. The summed E-state index contributed by atoms with van der Waals surface area (Å²) in [4.78, 5) is 19.5. The number of carboxylic acid groups (broad SMARTS) is 1. The number of carbonyl (C=O) groups is 1. The van der Waals surface area contributed by atoms with Crippen molar-refractivity contribution in [1.82, 2.24) is 0 Å². The van der Waals surface area contributed by atoms with Gasteiger partial charge in [0, 0.05) is 11.6 Å². The summed E-state index contributed by atoms with van der Waals surface area (Å²) in [5.74, 6) is -2.21. The average molecular weight is 333 g/mol. The summed E-state index contributed by atoms with van der Waals surface area (Å²) in [5, 5.41) is 28.2. The number of alkyl halides is 6. The van der Waals surface area contributed by atoms with Gasteiger partial charge in [-0.25, -0.2) is 4.79 Å². The SMILES string of the molecule is O=C(O)C(O)c1cc([N+](=O)[O-])c(C(F)(F)F)cc1C(F)(F)F. The predicted octanol–water partition coefficient (Wildman–Crippen LogP) is 2.75. The highest BCUT2D eigenvalue weighted by atomic mass is 19.4. The molecule has 0 fully saturated rings. The van der Waals surface area contributed by atoms with Crippen molar-refractivity contribution >= 4 is 11.7 Å². The summed E-state index contributed by atoms with van der Waals surface area (Å²) in [6.45, 7) is 0. The van der Waals surface area contributed by atoms with Crippen LogP contribution in [0, 0.1) is 10.1 Å². The molecule has 1 rings (SSSR count). The van der Waals surface area contributed by atoms with Crippen LogP contribution in [0.25, 0.3) is 0 Å². The maximum atomic E-state index is 12.7. The zero-order valence-electron chi connectivity index (χ0n) is 10.1. The molecule has 1 unspecified atom stereocenters. The lowest BCUT2D eigenvalue weighted by atomic mass is 9.97. The number of benzene rings is 1. The minimum absolute atomic E-state index is 0.246. The zero-order chi connectivity index (χ0) is 17.5. The van der Waals surface area contributed by atoms with Crippen molar-refractivity contribution < 1.29 is 46.3 Å². The molecule has 0 radical (unpaired) electrons. The van der Waals surface area contributed by atoms with E-state index in [1.165, 1.54) is 0 Å². The Labute approximate surface area is 116 Å². The van der Waals surface area contributed by atoms with Crippen LogP contribution in [0.15, 0.2) is 12.1 Å². The van der Waals surface area contributed by atoms with Gasteiger partial charge in [0.1, 0.15) is 5.56 Å². The maximum Gasteiger partial charge on any atom is 0.423 e. The lowest BCUT2D eigenvalue weighted by molar-refractivity contribution is -0.388. The predicted molar refractivity (Wildman–Crippen MR) is 55.7 cm³/mol. The van der Waals surface area contributed by atoms with Crippen LogP contribution >= 0.6 is 0 Å². The van der Waals surface area contributed by atoms with E-state index in [2.05, 4.69) is 0 Å². The summed E-state index contributed by atoms with van der Waals surface area (Å²) in [7, 11) is 0. The molecule has 6 nitrogen and oxygen atoms in total. The van der Waals surface area contributed by atoms with Crippen LogP contribution in [0.3, 0.4) is 0 Å². The van der Waals surface area contributed by atoms with Crippen LogP contribution in [0.4, 0.5) is 32.0 Å². The fourth-order valence-corrected chi connectivity index (χ4v) is 1.59. The van der Waals surface area contributed by atoms with Gasteiger partial charge in [0.15, 0.2) is 6.10 Å². The van der Waals surface area contributed by atoms with Gasteiger partial charge < -0.3 is 10.2 Å². The number of nitrogens with zero attached hydrogens (tertiary/aromatic N) is 1. The lowest BCUT2D eigenvalue weighted by Crippen LogP contribution is -2.20. The zero-order valence-corrected chi connectivity index (χ0v) is 10.1. The van der Waals surface area contributed by atoms with Crippen LogP contribution in [-0.2, 0) is 17.1 Å². The topological polar surface area (TPSA) is 101 Å². The van der Waals surface area contributed by atoms with E-state index in [1.54, 1.807) is 0 Å². The Kier molecular flexibility index (Phi) is 4.37. The van der Waals surface area contributed by atoms with Crippen molar-refractivity contribution in [3.05, 3.63) is 38.9 Å². The molecule has 1 aromatic carbocycles. The molecular weight excluding hydrogens is 328 g/mol. The third-order valence-corrected chi connectivity index (χ3v) is 2.50. The van der Waals surface area contributed by atoms with E-state index in [9.17, 15) is 41.3 Å². The van der Waals surface area contributed by atoms with Crippen LogP contribution in [0.5, 0.6) is 0 Å². The fourth-order valence-electron chi connectivity index (χ4n) is 1.59. The highest BCUT2D eigenvalue weighted by molar-refractivity contribution is 5.75. The van der Waals surface area contributed by atoms with Crippen LogP contribution in [-0.4, -0.2) is 21.1 Å². The molecule has 1 aromatic rings.